The van der Waals surface area contributed by atoms with Crippen LogP contribution in [-0.2, 0) is 11.8 Å². The zero-order valence-electron chi connectivity index (χ0n) is 14.1. The normalized spacial score (nSPS) is 11.0. The summed E-state index contributed by atoms with van der Waals surface area (Å²) in [7, 11) is 1.66. The molecule has 0 aliphatic carbocycles. The molecule has 0 bridgehead atoms. The molecular formula is C15H15N5O4S2. The van der Waals surface area contributed by atoms with Crippen molar-refractivity contribution in [3.63, 3.8) is 0 Å². The van der Waals surface area contributed by atoms with Gasteiger partial charge >= 0.3 is 5.69 Å². The maximum atomic E-state index is 12.2. The maximum absolute atomic E-state index is 12.2. The molecule has 0 spiro atoms. The van der Waals surface area contributed by atoms with E-state index in [1.54, 1.807) is 20.0 Å². The fourth-order valence-corrected chi connectivity index (χ4v) is 4.28. The van der Waals surface area contributed by atoms with Crippen molar-refractivity contribution >= 4 is 44.9 Å². The second kappa shape index (κ2) is 6.92. The Bertz CT molecular complexity index is 1190. The van der Waals surface area contributed by atoms with Gasteiger partial charge in [-0.05, 0) is 19.9 Å². The summed E-state index contributed by atoms with van der Waals surface area (Å²) in [4.78, 5) is 56.7. The molecule has 9 nitrogen and oxygen atoms in total. The van der Waals surface area contributed by atoms with Crippen LogP contribution in [0.2, 0.25) is 0 Å². The lowest BCUT2D eigenvalue weighted by Gasteiger charge is -2.05. The molecule has 1 amide bonds. The number of hydrogen-bond donors (Lipinski definition) is 3. The highest BCUT2D eigenvalue weighted by molar-refractivity contribution is 8.01. The van der Waals surface area contributed by atoms with Crippen LogP contribution in [0.3, 0.4) is 0 Å². The van der Waals surface area contributed by atoms with E-state index < -0.39 is 17.2 Å². The number of thioether (sulfide) groups is 1. The number of thiophene rings is 1. The van der Waals surface area contributed by atoms with Crippen LogP contribution in [0.25, 0.3) is 10.2 Å². The molecule has 3 rings (SSSR count). The minimum absolute atomic E-state index is 0.0118. The standard InChI is InChI=1S/C15H15N5O4S2/c1-6-11(12(22)19-15(24)16-6)18-9(21)5-25-10-4-8-13(26-10)17-7(2)20(3)14(8)23/h4H,5H2,1-3H3,(H,18,21)(H2,16,19,22,24). The van der Waals surface area contributed by atoms with Crippen molar-refractivity contribution in [2.75, 3.05) is 11.1 Å². The molecule has 0 atom stereocenters. The van der Waals surface area contributed by atoms with Crippen molar-refractivity contribution in [1.29, 1.82) is 0 Å². The molecular weight excluding hydrogens is 378 g/mol. The smallest absolute Gasteiger partial charge is 0.319 e. The summed E-state index contributed by atoms with van der Waals surface area (Å²) in [5.74, 6) is 0.265. The van der Waals surface area contributed by atoms with Crippen molar-refractivity contribution in [2.24, 2.45) is 7.05 Å². The summed E-state index contributed by atoms with van der Waals surface area (Å²) in [6.07, 6.45) is 0. The first-order valence-corrected chi connectivity index (χ1v) is 9.29. The van der Waals surface area contributed by atoms with Gasteiger partial charge in [0.25, 0.3) is 11.1 Å². The number of rotatable bonds is 4. The SMILES string of the molecule is Cc1[nH]c(=O)[nH]c(=O)c1NC(=O)CSc1cc2c(=O)n(C)c(C)nc2s1. The first-order valence-electron chi connectivity index (χ1n) is 7.49. The van der Waals surface area contributed by atoms with E-state index in [0.29, 0.717) is 16.0 Å². The Balaban J connectivity index is 1.75. The third-order valence-electron chi connectivity index (χ3n) is 3.71. The van der Waals surface area contributed by atoms with Crippen LogP contribution < -0.4 is 22.1 Å². The van der Waals surface area contributed by atoms with Crippen LogP contribution in [-0.4, -0.2) is 31.2 Å². The fraction of sp³-hybridized carbons (Fsp3) is 0.267. The number of aromatic amines is 2. The predicted molar refractivity (Wildman–Crippen MR) is 101 cm³/mol. The van der Waals surface area contributed by atoms with Gasteiger partial charge in [-0.1, -0.05) is 0 Å². The molecule has 3 N–H and O–H groups in total. The summed E-state index contributed by atoms with van der Waals surface area (Å²) < 4.78 is 2.25. The second-order valence-electron chi connectivity index (χ2n) is 5.55. The van der Waals surface area contributed by atoms with Gasteiger partial charge in [0.05, 0.1) is 15.3 Å². The first-order chi connectivity index (χ1) is 12.3. The van der Waals surface area contributed by atoms with Gasteiger partial charge in [-0.25, -0.2) is 9.78 Å². The first kappa shape index (κ1) is 18.1. The van der Waals surface area contributed by atoms with Gasteiger partial charge in [0.15, 0.2) is 0 Å². The van der Waals surface area contributed by atoms with E-state index >= 15 is 0 Å². The largest absolute Gasteiger partial charge is 0.326 e. The van der Waals surface area contributed by atoms with Gasteiger partial charge in [-0.3, -0.25) is 23.9 Å². The lowest BCUT2D eigenvalue weighted by Crippen LogP contribution is -2.29. The number of H-pyrrole nitrogens is 2. The average Bonchev–Trinajstić information content (AvgIpc) is 2.97. The number of anilines is 1. The van der Waals surface area contributed by atoms with Crippen LogP contribution in [0.4, 0.5) is 5.69 Å². The summed E-state index contributed by atoms with van der Waals surface area (Å²) in [6.45, 7) is 3.28. The average molecular weight is 393 g/mol. The van der Waals surface area contributed by atoms with Crippen LogP contribution in [0, 0.1) is 13.8 Å². The fourth-order valence-electron chi connectivity index (χ4n) is 2.28. The van der Waals surface area contributed by atoms with E-state index in [0.717, 1.165) is 4.21 Å². The molecule has 0 aliphatic heterocycles. The Morgan fingerprint density at radius 1 is 1.31 bits per heavy atom. The highest BCUT2D eigenvalue weighted by atomic mass is 32.2. The van der Waals surface area contributed by atoms with Crippen molar-refractivity contribution in [3.05, 3.63) is 48.8 Å². The minimum atomic E-state index is -0.658. The number of fused-ring (bicyclic) bond motifs is 1. The third kappa shape index (κ3) is 3.48. The number of carbonyl (C=O) groups is 1. The Labute approximate surface area is 154 Å². The molecule has 0 saturated heterocycles. The number of carbonyl (C=O) groups excluding carboxylic acids is 1. The van der Waals surface area contributed by atoms with Gasteiger partial charge in [-0.2, -0.15) is 0 Å². The van der Waals surface area contributed by atoms with Gasteiger partial charge in [0.2, 0.25) is 5.91 Å². The minimum Gasteiger partial charge on any atom is -0.319 e. The molecule has 11 heteroatoms. The number of aromatic nitrogens is 4. The molecule has 0 fully saturated rings. The molecule has 3 heterocycles. The number of hydrogen-bond acceptors (Lipinski definition) is 7. The Morgan fingerprint density at radius 2 is 2.04 bits per heavy atom. The van der Waals surface area contributed by atoms with Crippen LogP contribution in [0.1, 0.15) is 11.5 Å². The monoisotopic (exact) mass is 393 g/mol. The van der Waals surface area contributed by atoms with Gasteiger partial charge in [0, 0.05) is 12.7 Å². The van der Waals surface area contributed by atoms with Gasteiger partial charge in [-0.15, -0.1) is 23.1 Å². The highest BCUT2D eigenvalue weighted by Gasteiger charge is 2.13. The van der Waals surface area contributed by atoms with E-state index in [9.17, 15) is 19.2 Å². The Morgan fingerprint density at radius 3 is 2.73 bits per heavy atom. The molecule has 26 heavy (non-hydrogen) atoms. The molecule has 136 valence electrons. The quantitative estimate of drug-likeness (QED) is 0.560. The highest BCUT2D eigenvalue weighted by Crippen LogP contribution is 2.30. The second-order valence-corrected chi connectivity index (χ2v) is 7.86. The molecule has 0 radical (unpaired) electrons. The predicted octanol–water partition coefficient (Wildman–Crippen LogP) is 0.719. The van der Waals surface area contributed by atoms with Gasteiger partial charge in [0.1, 0.15) is 16.3 Å². The Kier molecular flexibility index (Phi) is 4.83. The molecule has 0 saturated carbocycles. The number of aryl methyl sites for hydroxylation is 2. The molecule has 3 aromatic heterocycles. The number of nitrogens with zero attached hydrogens (tertiary/aromatic N) is 2. The summed E-state index contributed by atoms with van der Waals surface area (Å²) in [5.41, 5.74) is -1.13. The summed E-state index contributed by atoms with van der Waals surface area (Å²) in [5, 5.41) is 3.00. The summed E-state index contributed by atoms with van der Waals surface area (Å²) >= 11 is 2.58. The van der Waals surface area contributed by atoms with E-state index in [1.807, 2.05) is 0 Å². The lowest BCUT2D eigenvalue weighted by atomic mass is 10.3. The van der Waals surface area contributed by atoms with E-state index in [-0.39, 0.29) is 22.7 Å². The molecule has 0 aromatic carbocycles. The zero-order valence-corrected chi connectivity index (χ0v) is 15.8. The third-order valence-corrected chi connectivity index (χ3v) is 5.95. The van der Waals surface area contributed by atoms with Crippen LogP contribution in [0.15, 0.2) is 24.7 Å². The Hall–Kier alpha value is -2.66. The van der Waals surface area contributed by atoms with Crippen molar-refractivity contribution in [3.8, 4) is 0 Å². The van der Waals surface area contributed by atoms with E-state index in [4.69, 9.17) is 0 Å². The number of amides is 1. The molecule has 3 aromatic rings. The zero-order chi connectivity index (χ0) is 19.0. The van der Waals surface area contributed by atoms with Crippen molar-refractivity contribution in [2.45, 2.75) is 18.1 Å². The topological polar surface area (TPSA) is 130 Å². The summed E-state index contributed by atoms with van der Waals surface area (Å²) in [6, 6.07) is 1.71. The van der Waals surface area contributed by atoms with Crippen molar-refractivity contribution < 1.29 is 4.79 Å². The molecule has 0 unspecified atom stereocenters. The van der Waals surface area contributed by atoms with Crippen LogP contribution >= 0.6 is 23.1 Å². The van der Waals surface area contributed by atoms with E-state index in [1.165, 1.54) is 34.6 Å². The van der Waals surface area contributed by atoms with E-state index in [2.05, 4.69) is 20.3 Å². The maximum Gasteiger partial charge on any atom is 0.326 e. The van der Waals surface area contributed by atoms with Gasteiger partial charge < -0.3 is 10.3 Å². The van der Waals surface area contributed by atoms with Crippen molar-refractivity contribution in [1.82, 2.24) is 19.5 Å². The molecule has 0 aliphatic rings. The lowest BCUT2D eigenvalue weighted by molar-refractivity contribution is -0.113. The van der Waals surface area contributed by atoms with Crippen LogP contribution in [0.5, 0.6) is 0 Å². The number of nitrogens with one attached hydrogen (secondary N) is 3.